The predicted molar refractivity (Wildman–Crippen MR) is 102 cm³/mol. The maximum atomic E-state index is 12.9. The molecule has 4 atom stereocenters. The minimum absolute atomic E-state index is 0.00398. The van der Waals surface area contributed by atoms with E-state index in [1.807, 2.05) is 42.6 Å². The average Bonchev–Trinajstić information content (AvgIpc) is 3.12. The Balaban J connectivity index is 1.46. The van der Waals surface area contributed by atoms with Crippen LogP contribution in [0.5, 0.6) is 0 Å². The first-order valence-corrected chi connectivity index (χ1v) is 9.38. The summed E-state index contributed by atoms with van der Waals surface area (Å²) in [6.07, 6.45) is 3.81. The third kappa shape index (κ3) is 2.18. The molecule has 1 aromatic heterocycles. The molecule has 0 aliphatic heterocycles. The van der Waals surface area contributed by atoms with E-state index in [2.05, 4.69) is 42.5 Å². The molecule has 0 spiro atoms. The Morgan fingerprint density at radius 3 is 2.04 bits per heavy atom. The largest absolute Gasteiger partial charge is 0.294 e. The number of pyridine rings is 1. The van der Waals surface area contributed by atoms with E-state index in [1.54, 1.807) is 0 Å². The van der Waals surface area contributed by atoms with Crippen molar-refractivity contribution in [3.63, 3.8) is 0 Å². The molecule has 0 amide bonds. The van der Waals surface area contributed by atoms with Crippen molar-refractivity contribution < 1.29 is 4.79 Å². The van der Waals surface area contributed by atoms with E-state index in [-0.39, 0.29) is 11.3 Å². The average molecular weight is 339 g/mol. The Kier molecular flexibility index (Phi) is 3.53. The molecular formula is C24H21NO. The summed E-state index contributed by atoms with van der Waals surface area (Å²) in [5, 5.41) is 0. The van der Waals surface area contributed by atoms with Gasteiger partial charge in [-0.15, -0.1) is 0 Å². The molecule has 2 unspecified atom stereocenters. The molecule has 0 saturated heterocycles. The molecule has 5 rings (SSSR count). The molecule has 128 valence electrons. The van der Waals surface area contributed by atoms with Crippen LogP contribution in [0.1, 0.15) is 34.5 Å². The van der Waals surface area contributed by atoms with Gasteiger partial charge in [0.2, 0.25) is 0 Å². The summed E-state index contributed by atoms with van der Waals surface area (Å²) >= 11 is 0. The van der Waals surface area contributed by atoms with Gasteiger partial charge in [0.1, 0.15) is 0 Å². The van der Waals surface area contributed by atoms with Gasteiger partial charge < -0.3 is 0 Å². The number of hydrogen-bond donors (Lipinski definition) is 0. The van der Waals surface area contributed by atoms with Gasteiger partial charge in [0.25, 0.3) is 0 Å². The number of carbonyl (C=O) groups is 1. The number of benzene rings is 2. The Bertz CT molecular complexity index is 867. The van der Waals surface area contributed by atoms with Gasteiger partial charge in [-0.2, -0.15) is 0 Å². The predicted octanol–water partition coefficient (Wildman–Crippen LogP) is 4.91. The topological polar surface area (TPSA) is 30.0 Å². The van der Waals surface area contributed by atoms with Crippen LogP contribution in [0.15, 0.2) is 85.1 Å². The molecule has 2 nitrogen and oxygen atoms in total. The molecule has 2 aliphatic rings. The fourth-order valence-electron chi connectivity index (χ4n) is 5.28. The highest BCUT2D eigenvalue weighted by molar-refractivity contribution is 5.98. The Morgan fingerprint density at radius 1 is 0.808 bits per heavy atom. The van der Waals surface area contributed by atoms with Gasteiger partial charge in [-0.25, -0.2) is 0 Å². The van der Waals surface area contributed by atoms with Crippen LogP contribution in [0.3, 0.4) is 0 Å². The van der Waals surface area contributed by atoms with Crippen molar-refractivity contribution >= 4 is 5.78 Å². The number of ketones is 1. The van der Waals surface area contributed by atoms with E-state index in [0.29, 0.717) is 17.6 Å². The summed E-state index contributed by atoms with van der Waals surface area (Å²) in [5.74, 6) is 1.48. The molecule has 2 aromatic carbocycles. The fraction of sp³-hybridized carbons (Fsp3) is 0.250. The molecule has 2 saturated carbocycles. The SMILES string of the molecule is O=C(c1ccccc1)C1C[C@@H]2[C@H](C1)C2(c1ccccc1)c1ccccn1. The summed E-state index contributed by atoms with van der Waals surface area (Å²) in [5.41, 5.74) is 3.35. The molecule has 2 fully saturated rings. The van der Waals surface area contributed by atoms with Crippen LogP contribution >= 0.6 is 0 Å². The van der Waals surface area contributed by atoms with Crippen LogP contribution in [-0.2, 0) is 5.41 Å². The van der Waals surface area contributed by atoms with E-state index >= 15 is 0 Å². The highest BCUT2D eigenvalue weighted by Crippen LogP contribution is 2.71. The monoisotopic (exact) mass is 339 g/mol. The number of nitrogens with zero attached hydrogens (tertiary/aromatic N) is 1. The van der Waals surface area contributed by atoms with Crippen LogP contribution in [0.4, 0.5) is 0 Å². The van der Waals surface area contributed by atoms with Gasteiger partial charge in [0.05, 0.1) is 5.69 Å². The Hall–Kier alpha value is -2.74. The lowest BCUT2D eigenvalue weighted by molar-refractivity contribution is 0.0910. The van der Waals surface area contributed by atoms with Crippen molar-refractivity contribution in [2.75, 3.05) is 0 Å². The number of aromatic nitrogens is 1. The third-order valence-corrected chi connectivity index (χ3v) is 6.39. The van der Waals surface area contributed by atoms with Crippen LogP contribution in [-0.4, -0.2) is 10.8 Å². The standard InChI is InChI=1S/C24H21NO/c26-23(17-9-3-1-4-10-17)18-15-20-21(16-18)24(20,19-11-5-2-6-12-19)22-13-7-8-14-25-22/h1-14,18,20-21H,15-16H2/t18?,20-,21+,24?. The lowest BCUT2D eigenvalue weighted by Gasteiger charge is -2.24. The molecule has 0 radical (unpaired) electrons. The lowest BCUT2D eigenvalue weighted by Crippen LogP contribution is -2.23. The fourth-order valence-corrected chi connectivity index (χ4v) is 5.28. The second-order valence-corrected chi connectivity index (χ2v) is 7.56. The summed E-state index contributed by atoms with van der Waals surface area (Å²) in [6, 6.07) is 26.7. The Morgan fingerprint density at radius 2 is 1.42 bits per heavy atom. The van der Waals surface area contributed by atoms with E-state index < -0.39 is 0 Å². The van der Waals surface area contributed by atoms with Crippen LogP contribution in [0, 0.1) is 17.8 Å². The third-order valence-electron chi connectivity index (χ3n) is 6.39. The van der Waals surface area contributed by atoms with E-state index in [9.17, 15) is 4.79 Å². The quantitative estimate of drug-likeness (QED) is 0.632. The van der Waals surface area contributed by atoms with Crippen LogP contribution in [0.2, 0.25) is 0 Å². The molecule has 2 aliphatic carbocycles. The van der Waals surface area contributed by atoms with Gasteiger partial charge in [-0.3, -0.25) is 9.78 Å². The van der Waals surface area contributed by atoms with Crippen molar-refractivity contribution in [3.8, 4) is 0 Å². The van der Waals surface area contributed by atoms with Crippen molar-refractivity contribution in [1.82, 2.24) is 4.98 Å². The molecule has 1 heterocycles. The zero-order valence-corrected chi connectivity index (χ0v) is 14.6. The van der Waals surface area contributed by atoms with Gasteiger partial charge in [-0.05, 0) is 42.4 Å². The molecule has 2 heteroatoms. The zero-order chi connectivity index (χ0) is 17.6. The van der Waals surface area contributed by atoms with E-state index in [0.717, 1.165) is 24.1 Å². The maximum Gasteiger partial charge on any atom is 0.165 e. The Labute approximate surface area is 153 Å². The molecular weight excluding hydrogens is 318 g/mol. The van der Waals surface area contributed by atoms with Crippen molar-refractivity contribution in [3.05, 3.63) is 102 Å². The van der Waals surface area contributed by atoms with Gasteiger partial charge in [0.15, 0.2) is 5.78 Å². The first-order chi connectivity index (χ1) is 12.8. The summed E-state index contributed by atoms with van der Waals surface area (Å²) in [6.45, 7) is 0. The maximum absolute atomic E-state index is 12.9. The van der Waals surface area contributed by atoms with Gasteiger partial charge in [0, 0.05) is 23.1 Å². The summed E-state index contributed by atoms with van der Waals surface area (Å²) in [4.78, 5) is 17.6. The van der Waals surface area contributed by atoms with Crippen molar-refractivity contribution in [2.24, 2.45) is 17.8 Å². The molecule has 0 N–H and O–H groups in total. The molecule has 0 bridgehead atoms. The van der Waals surface area contributed by atoms with Crippen LogP contribution in [0.25, 0.3) is 0 Å². The second-order valence-electron chi connectivity index (χ2n) is 7.56. The first kappa shape index (κ1) is 15.5. The summed E-state index contributed by atoms with van der Waals surface area (Å²) < 4.78 is 0. The minimum Gasteiger partial charge on any atom is -0.294 e. The zero-order valence-electron chi connectivity index (χ0n) is 14.6. The second kappa shape index (κ2) is 5.91. The number of carbonyl (C=O) groups excluding carboxylic acids is 1. The summed E-state index contributed by atoms with van der Waals surface area (Å²) in [7, 11) is 0. The highest BCUT2D eigenvalue weighted by atomic mass is 16.1. The molecule has 3 aromatic rings. The van der Waals surface area contributed by atoms with Gasteiger partial charge in [-0.1, -0.05) is 66.7 Å². The molecule has 26 heavy (non-hydrogen) atoms. The number of rotatable bonds is 4. The van der Waals surface area contributed by atoms with E-state index in [1.165, 1.54) is 5.56 Å². The van der Waals surface area contributed by atoms with E-state index in [4.69, 9.17) is 4.98 Å². The van der Waals surface area contributed by atoms with Crippen LogP contribution < -0.4 is 0 Å². The number of hydrogen-bond acceptors (Lipinski definition) is 2. The highest BCUT2D eigenvalue weighted by Gasteiger charge is 2.70. The normalized spacial score (nSPS) is 29.2. The smallest absolute Gasteiger partial charge is 0.165 e. The van der Waals surface area contributed by atoms with Crippen molar-refractivity contribution in [1.29, 1.82) is 0 Å². The first-order valence-electron chi connectivity index (χ1n) is 9.38. The number of fused-ring (bicyclic) bond motifs is 1. The van der Waals surface area contributed by atoms with Crippen molar-refractivity contribution in [2.45, 2.75) is 18.3 Å². The number of Topliss-reactive ketones (excluding diaryl/α,β-unsaturated/α-hetero) is 1. The lowest BCUT2D eigenvalue weighted by atomic mass is 9.80. The van der Waals surface area contributed by atoms with Gasteiger partial charge >= 0.3 is 0 Å². The minimum atomic E-state index is -0.00398.